The van der Waals surface area contributed by atoms with Crippen LogP contribution >= 0.6 is 11.3 Å². The number of aromatic carboxylic acids is 1. The summed E-state index contributed by atoms with van der Waals surface area (Å²) in [6, 6.07) is 2.94. The zero-order valence-corrected chi connectivity index (χ0v) is 11.5. The fourth-order valence-electron chi connectivity index (χ4n) is 1.90. The van der Waals surface area contributed by atoms with Crippen molar-refractivity contribution in [3.63, 3.8) is 0 Å². The van der Waals surface area contributed by atoms with Gasteiger partial charge in [-0.2, -0.15) is 0 Å². The lowest BCUT2D eigenvalue weighted by Crippen LogP contribution is -2.11. The van der Waals surface area contributed by atoms with E-state index >= 15 is 0 Å². The Balaban J connectivity index is 2.62. The molecule has 0 amide bonds. The molecule has 3 nitrogen and oxygen atoms in total. The highest BCUT2D eigenvalue weighted by Gasteiger charge is 2.23. The topological polar surface area (TPSA) is 54.4 Å². The van der Waals surface area contributed by atoms with E-state index in [1.807, 2.05) is 0 Å². The summed E-state index contributed by atoms with van der Waals surface area (Å²) in [6.45, 7) is 3.51. The quantitative estimate of drug-likeness (QED) is 0.881. The zero-order valence-electron chi connectivity index (χ0n) is 10.7. The molecule has 0 aliphatic carbocycles. The minimum Gasteiger partial charge on any atom is -0.478 e. The van der Waals surface area contributed by atoms with Gasteiger partial charge in [0.25, 0.3) is 0 Å². The number of ketones is 1. The molecule has 0 aliphatic rings. The van der Waals surface area contributed by atoms with Crippen LogP contribution in [0.2, 0.25) is 0 Å². The smallest absolute Gasteiger partial charge is 0.336 e. The zero-order chi connectivity index (χ0) is 15.0. The summed E-state index contributed by atoms with van der Waals surface area (Å²) in [6.07, 6.45) is 0. The Hall–Kier alpha value is -2.08. The summed E-state index contributed by atoms with van der Waals surface area (Å²) in [5.41, 5.74) is -0.209. The first-order chi connectivity index (χ1) is 9.31. The van der Waals surface area contributed by atoms with Crippen LogP contribution in [0.3, 0.4) is 0 Å². The number of hydrogen-bond acceptors (Lipinski definition) is 3. The summed E-state index contributed by atoms with van der Waals surface area (Å²) in [5, 5.41) is 9.01. The average Bonchev–Trinajstić information content (AvgIpc) is 2.70. The molecule has 1 heterocycles. The maximum Gasteiger partial charge on any atom is 0.336 e. The molecule has 0 unspecified atom stereocenters. The molecule has 104 valence electrons. The lowest BCUT2D eigenvalue weighted by atomic mass is 10.0. The standard InChI is InChI=1S/C14H10F2O3S/c1-6-3-7(2)20-13(6)12(17)8-4-10(15)11(16)5-9(8)14(18)19/h3-5H,1-2H3,(H,18,19). The first-order valence-corrected chi connectivity index (χ1v) is 6.47. The van der Waals surface area contributed by atoms with Crippen molar-refractivity contribution in [3.05, 3.63) is 56.3 Å². The van der Waals surface area contributed by atoms with E-state index in [2.05, 4.69) is 0 Å². The monoisotopic (exact) mass is 296 g/mol. The van der Waals surface area contributed by atoms with Gasteiger partial charge >= 0.3 is 5.97 Å². The van der Waals surface area contributed by atoms with E-state index in [0.29, 0.717) is 22.6 Å². The van der Waals surface area contributed by atoms with Gasteiger partial charge in [0, 0.05) is 10.4 Å². The molecule has 2 rings (SSSR count). The predicted octanol–water partition coefficient (Wildman–Crippen LogP) is 3.57. The molecule has 0 saturated carbocycles. The van der Waals surface area contributed by atoms with Crippen molar-refractivity contribution in [1.82, 2.24) is 0 Å². The third kappa shape index (κ3) is 2.46. The lowest BCUT2D eigenvalue weighted by Gasteiger charge is -2.06. The number of carbonyl (C=O) groups excluding carboxylic acids is 1. The van der Waals surface area contributed by atoms with Gasteiger partial charge in [0.1, 0.15) is 0 Å². The second kappa shape index (κ2) is 5.13. The number of aryl methyl sites for hydroxylation is 2. The molecular weight excluding hydrogens is 286 g/mol. The highest BCUT2D eigenvalue weighted by molar-refractivity contribution is 7.14. The van der Waals surface area contributed by atoms with Crippen LogP contribution in [0, 0.1) is 25.5 Å². The third-order valence-corrected chi connectivity index (χ3v) is 3.93. The highest BCUT2D eigenvalue weighted by Crippen LogP contribution is 2.26. The Morgan fingerprint density at radius 3 is 2.05 bits per heavy atom. The molecule has 0 fully saturated rings. The van der Waals surface area contributed by atoms with E-state index in [1.54, 1.807) is 19.9 Å². The van der Waals surface area contributed by atoms with Crippen LogP contribution in [-0.4, -0.2) is 16.9 Å². The molecule has 1 aromatic heterocycles. The largest absolute Gasteiger partial charge is 0.478 e. The Bertz CT molecular complexity index is 719. The summed E-state index contributed by atoms with van der Waals surface area (Å²) in [7, 11) is 0. The maximum absolute atomic E-state index is 13.3. The third-order valence-electron chi connectivity index (χ3n) is 2.78. The van der Waals surface area contributed by atoms with Crippen LogP contribution in [0.25, 0.3) is 0 Å². The maximum atomic E-state index is 13.3. The van der Waals surface area contributed by atoms with E-state index in [-0.39, 0.29) is 5.56 Å². The molecular formula is C14H10F2O3S. The summed E-state index contributed by atoms with van der Waals surface area (Å²) in [5.74, 6) is -4.63. The van der Waals surface area contributed by atoms with Crippen molar-refractivity contribution in [2.45, 2.75) is 13.8 Å². The molecule has 0 bridgehead atoms. The predicted molar refractivity (Wildman–Crippen MR) is 70.5 cm³/mol. The van der Waals surface area contributed by atoms with Crippen LogP contribution in [0.15, 0.2) is 18.2 Å². The number of carboxylic acid groups (broad SMARTS) is 1. The Morgan fingerprint density at radius 2 is 1.60 bits per heavy atom. The average molecular weight is 296 g/mol. The van der Waals surface area contributed by atoms with E-state index in [1.165, 1.54) is 11.3 Å². The molecule has 1 aromatic carbocycles. The van der Waals surface area contributed by atoms with Crippen LogP contribution in [-0.2, 0) is 0 Å². The second-order valence-corrected chi connectivity index (χ2v) is 5.57. The Kier molecular flexibility index (Phi) is 3.67. The number of hydrogen-bond donors (Lipinski definition) is 1. The van der Waals surface area contributed by atoms with Gasteiger partial charge in [-0.3, -0.25) is 4.79 Å². The van der Waals surface area contributed by atoms with Gasteiger partial charge in [-0.25, -0.2) is 13.6 Å². The van der Waals surface area contributed by atoms with Crippen LogP contribution in [0.4, 0.5) is 8.78 Å². The van der Waals surface area contributed by atoms with E-state index in [0.717, 1.165) is 4.88 Å². The minimum absolute atomic E-state index is 0.330. The van der Waals surface area contributed by atoms with Crippen LogP contribution < -0.4 is 0 Å². The van der Waals surface area contributed by atoms with E-state index in [4.69, 9.17) is 5.11 Å². The second-order valence-electron chi connectivity index (χ2n) is 4.32. The first-order valence-electron chi connectivity index (χ1n) is 5.65. The summed E-state index contributed by atoms with van der Waals surface area (Å²) < 4.78 is 26.4. The molecule has 0 radical (unpaired) electrons. The molecule has 0 aliphatic heterocycles. The van der Waals surface area contributed by atoms with Gasteiger partial charge in [0.2, 0.25) is 5.78 Å². The van der Waals surface area contributed by atoms with Gasteiger partial charge in [-0.1, -0.05) is 0 Å². The van der Waals surface area contributed by atoms with Gasteiger partial charge in [-0.05, 0) is 37.6 Å². The number of carboxylic acids is 1. The minimum atomic E-state index is -1.47. The molecule has 20 heavy (non-hydrogen) atoms. The Morgan fingerprint density at radius 1 is 1.05 bits per heavy atom. The molecule has 0 spiro atoms. The molecule has 2 aromatic rings. The number of carbonyl (C=O) groups is 2. The van der Waals surface area contributed by atoms with Gasteiger partial charge < -0.3 is 5.11 Å². The van der Waals surface area contributed by atoms with Crippen molar-refractivity contribution in [1.29, 1.82) is 0 Å². The van der Waals surface area contributed by atoms with Gasteiger partial charge in [-0.15, -0.1) is 11.3 Å². The molecule has 0 atom stereocenters. The number of thiophene rings is 1. The Labute approximate surface area is 117 Å². The number of rotatable bonds is 3. The normalized spacial score (nSPS) is 10.6. The summed E-state index contributed by atoms with van der Waals surface area (Å²) in [4.78, 5) is 24.6. The van der Waals surface area contributed by atoms with E-state index < -0.39 is 29.0 Å². The first kappa shape index (κ1) is 14.3. The van der Waals surface area contributed by atoms with Gasteiger partial charge in [0.05, 0.1) is 10.4 Å². The SMILES string of the molecule is Cc1cc(C)c(C(=O)c2cc(F)c(F)cc2C(=O)O)s1. The fraction of sp³-hybridized carbons (Fsp3) is 0.143. The summed E-state index contributed by atoms with van der Waals surface area (Å²) >= 11 is 1.19. The van der Waals surface area contributed by atoms with Crippen molar-refractivity contribution in [3.8, 4) is 0 Å². The molecule has 0 saturated heterocycles. The van der Waals surface area contributed by atoms with Crippen molar-refractivity contribution in [2.24, 2.45) is 0 Å². The van der Waals surface area contributed by atoms with Crippen molar-refractivity contribution < 1.29 is 23.5 Å². The molecule has 6 heteroatoms. The lowest BCUT2D eigenvalue weighted by molar-refractivity contribution is 0.0692. The van der Waals surface area contributed by atoms with Crippen LogP contribution in [0.1, 0.15) is 36.0 Å². The number of halogens is 2. The van der Waals surface area contributed by atoms with Crippen LogP contribution in [0.5, 0.6) is 0 Å². The van der Waals surface area contributed by atoms with Crippen molar-refractivity contribution >= 4 is 23.1 Å². The highest BCUT2D eigenvalue weighted by atomic mass is 32.1. The van der Waals surface area contributed by atoms with E-state index in [9.17, 15) is 18.4 Å². The fourth-order valence-corrected chi connectivity index (χ4v) is 2.88. The molecule has 1 N–H and O–H groups in total. The van der Waals surface area contributed by atoms with Gasteiger partial charge in [0.15, 0.2) is 11.6 Å². The number of benzene rings is 1. The van der Waals surface area contributed by atoms with Crippen molar-refractivity contribution in [2.75, 3.05) is 0 Å².